The van der Waals surface area contributed by atoms with Gasteiger partial charge in [-0.25, -0.2) is 13.1 Å². The molecule has 0 bridgehead atoms. The maximum Gasteiger partial charge on any atom is 0.320 e. The lowest BCUT2D eigenvalue weighted by atomic mass is 9.88. The zero-order valence-corrected chi connectivity index (χ0v) is 12.5. The highest BCUT2D eigenvalue weighted by Gasteiger charge is 2.25. The highest BCUT2D eigenvalue weighted by Crippen LogP contribution is 2.29. The topological polar surface area (TPSA) is 109 Å². The van der Waals surface area contributed by atoms with Crippen molar-refractivity contribution >= 4 is 16.0 Å². The van der Waals surface area contributed by atoms with Crippen LogP contribution in [0.3, 0.4) is 0 Å². The van der Waals surface area contributed by atoms with E-state index in [1.165, 1.54) is 5.56 Å². The maximum atomic E-state index is 12.1. The van der Waals surface area contributed by atoms with E-state index in [1.807, 2.05) is 24.3 Å². The minimum absolute atomic E-state index is 0.0982. The fraction of sp³-hybridized carbons (Fsp3) is 0.500. The van der Waals surface area contributed by atoms with Crippen molar-refractivity contribution in [3.63, 3.8) is 0 Å². The predicted octanol–water partition coefficient (Wildman–Crippen LogP) is 0.785. The van der Waals surface area contributed by atoms with Crippen molar-refractivity contribution in [2.75, 3.05) is 5.75 Å². The molecule has 0 radical (unpaired) electrons. The van der Waals surface area contributed by atoms with Crippen LogP contribution in [0.5, 0.6) is 0 Å². The number of carbonyl (C=O) groups is 1. The summed E-state index contributed by atoms with van der Waals surface area (Å²) in [5, 5.41) is 8.69. The molecule has 0 heterocycles. The molecule has 116 valence electrons. The first-order valence-corrected chi connectivity index (χ1v) is 8.60. The summed E-state index contributed by atoms with van der Waals surface area (Å²) in [4.78, 5) is 10.6. The molecule has 2 rings (SSSR count). The first kappa shape index (κ1) is 15.9. The Morgan fingerprint density at radius 3 is 2.86 bits per heavy atom. The van der Waals surface area contributed by atoms with Crippen LogP contribution in [0.15, 0.2) is 24.3 Å². The number of fused-ring (bicyclic) bond motifs is 1. The largest absolute Gasteiger partial charge is 0.480 e. The molecule has 1 aliphatic carbocycles. The third kappa shape index (κ3) is 4.26. The van der Waals surface area contributed by atoms with E-state index >= 15 is 0 Å². The fourth-order valence-corrected chi connectivity index (χ4v) is 3.92. The predicted molar refractivity (Wildman–Crippen MR) is 79.3 cm³/mol. The molecule has 4 N–H and O–H groups in total. The Hall–Kier alpha value is -1.44. The number of rotatable bonds is 6. The second kappa shape index (κ2) is 6.55. The number of nitrogens with two attached hydrogens (primary N) is 1. The van der Waals surface area contributed by atoms with Crippen LogP contribution in [0.4, 0.5) is 0 Å². The van der Waals surface area contributed by atoms with Crippen molar-refractivity contribution in [2.45, 2.75) is 37.8 Å². The van der Waals surface area contributed by atoms with E-state index in [2.05, 4.69) is 4.72 Å². The summed E-state index contributed by atoms with van der Waals surface area (Å²) in [6.07, 6.45) is 2.54. The van der Waals surface area contributed by atoms with Gasteiger partial charge in [-0.15, -0.1) is 0 Å². The van der Waals surface area contributed by atoms with E-state index in [4.69, 9.17) is 10.8 Å². The summed E-state index contributed by atoms with van der Waals surface area (Å²) in [5.41, 5.74) is 7.52. The third-order valence-electron chi connectivity index (χ3n) is 3.71. The molecule has 1 aliphatic rings. The Bertz CT molecular complexity index is 615. The zero-order chi connectivity index (χ0) is 15.5. The highest BCUT2D eigenvalue weighted by atomic mass is 32.2. The second-order valence-corrected chi connectivity index (χ2v) is 7.19. The van der Waals surface area contributed by atoms with Crippen molar-refractivity contribution in [3.8, 4) is 0 Å². The Balaban J connectivity index is 2.03. The SMILES string of the molecule is N[C@@H](CCS(=O)(=O)NC1CCCc2ccccc21)C(=O)O. The Labute approximate surface area is 124 Å². The maximum absolute atomic E-state index is 12.1. The van der Waals surface area contributed by atoms with E-state index in [9.17, 15) is 13.2 Å². The average molecular weight is 312 g/mol. The quantitative estimate of drug-likeness (QED) is 0.719. The number of carboxylic acids is 1. The molecule has 0 amide bonds. The first-order valence-electron chi connectivity index (χ1n) is 6.95. The molecular weight excluding hydrogens is 292 g/mol. The lowest BCUT2D eigenvalue weighted by molar-refractivity contribution is -0.138. The van der Waals surface area contributed by atoms with Gasteiger partial charge in [0, 0.05) is 6.04 Å². The minimum Gasteiger partial charge on any atom is -0.480 e. The molecule has 0 aromatic heterocycles. The van der Waals surface area contributed by atoms with E-state index in [-0.39, 0.29) is 18.2 Å². The normalized spacial score (nSPS) is 19.8. The summed E-state index contributed by atoms with van der Waals surface area (Å²) in [5.74, 6) is -1.47. The lowest BCUT2D eigenvalue weighted by Gasteiger charge is -2.26. The number of hydrogen-bond acceptors (Lipinski definition) is 4. The number of nitrogens with one attached hydrogen (secondary N) is 1. The van der Waals surface area contributed by atoms with Gasteiger partial charge in [0.1, 0.15) is 6.04 Å². The standard InChI is InChI=1S/C14H20N2O4S/c15-12(14(17)18)8-9-21(19,20)16-13-7-3-5-10-4-1-2-6-11(10)13/h1-2,4,6,12-13,16H,3,5,7-9,15H2,(H,17,18)/t12-,13?/m0/s1. The van der Waals surface area contributed by atoms with Crippen LogP contribution < -0.4 is 10.5 Å². The van der Waals surface area contributed by atoms with Crippen LogP contribution >= 0.6 is 0 Å². The number of hydrogen-bond donors (Lipinski definition) is 3. The molecule has 7 heteroatoms. The molecule has 1 aromatic rings. The number of aryl methyl sites for hydroxylation is 1. The van der Waals surface area contributed by atoms with Crippen molar-refractivity contribution in [1.29, 1.82) is 0 Å². The van der Waals surface area contributed by atoms with Crippen molar-refractivity contribution < 1.29 is 18.3 Å². The minimum atomic E-state index is -3.55. The number of carboxylic acid groups (broad SMARTS) is 1. The van der Waals surface area contributed by atoms with Gasteiger partial charge in [-0.1, -0.05) is 24.3 Å². The van der Waals surface area contributed by atoms with E-state index in [0.717, 1.165) is 24.8 Å². The van der Waals surface area contributed by atoms with Crippen LogP contribution in [-0.2, 0) is 21.2 Å². The Morgan fingerprint density at radius 2 is 2.14 bits per heavy atom. The second-order valence-electron chi connectivity index (χ2n) is 5.31. The van der Waals surface area contributed by atoms with Gasteiger partial charge in [-0.3, -0.25) is 4.79 Å². The number of sulfonamides is 1. The number of benzene rings is 1. The van der Waals surface area contributed by atoms with Crippen LogP contribution in [0.1, 0.15) is 36.4 Å². The molecule has 0 saturated carbocycles. The highest BCUT2D eigenvalue weighted by molar-refractivity contribution is 7.89. The molecular formula is C14H20N2O4S. The third-order valence-corrected chi connectivity index (χ3v) is 5.12. The molecule has 21 heavy (non-hydrogen) atoms. The van der Waals surface area contributed by atoms with E-state index in [1.54, 1.807) is 0 Å². The average Bonchev–Trinajstić information content (AvgIpc) is 2.45. The van der Waals surface area contributed by atoms with Crippen LogP contribution in [0.25, 0.3) is 0 Å². The lowest BCUT2D eigenvalue weighted by Crippen LogP contribution is -2.37. The van der Waals surface area contributed by atoms with Gasteiger partial charge in [0.15, 0.2) is 0 Å². The van der Waals surface area contributed by atoms with E-state index < -0.39 is 22.0 Å². The smallest absolute Gasteiger partial charge is 0.320 e. The summed E-state index contributed by atoms with van der Waals surface area (Å²) < 4.78 is 26.8. The van der Waals surface area contributed by atoms with Gasteiger partial charge in [-0.2, -0.15) is 0 Å². The molecule has 1 unspecified atom stereocenters. The van der Waals surface area contributed by atoms with Crippen molar-refractivity contribution in [2.24, 2.45) is 5.73 Å². The van der Waals surface area contributed by atoms with Crippen molar-refractivity contribution in [3.05, 3.63) is 35.4 Å². The monoisotopic (exact) mass is 312 g/mol. The number of aliphatic carboxylic acids is 1. The molecule has 2 atom stereocenters. The van der Waals surface area contributed by atoms with Gasteiger partial charge in [0.05, 0.1) is 5.75 Å². The van der Waals surface area contributed by atoms with Gasteiger partial charge in [-0.05, 0) is 36.8 Å². The summed E-state index contributed by atoms with van der Waals surface area (Å²) in [7, 11) is -3.55. The molecule has 0 fully saturated rings. The van der Waals surface area contributed by atoms with E-state index in [0.29, 0.717) is 0 Å². The molecule has 1 aromatic carbocycles. The first-order chi connectivity index (χ1) is 9.89. The van der Waals surface area contributed by atoms with Crippen LogP contribution in [0, 0.1) is 0 Å². The zero-order valence-electron chi connectivity index (χ0n) is 11.7. The van der Waals surface area contributed by atoms with Gasteiger partial charge < -0.3 is 10.8 Å². The van der Waals surface area contributed by atoms with Crippen LogP contribution in [0.2, 0.25) is 0 Å². The van der Waals surface area contributed by atoms with Crippen molar-refractivity contribution in [1.82, 2.24) is 4.72 Å². The summed E-state index contributed by atoms with van der Waals surface area (Å²) >= 11 is 0. The molecule has 6 nitrogen and oxygen atoms in total. The Morgan fingerprint density at radius 1 is 1.43 bits per heavy atom. The van der Waals surface area contributed by atoms with Crippen LogP contribution in [-0.4, -0.2) is 31.3 Å². The van der Waals surface area contributed by atoms with Gasteiger partial charge in [0.25, 0.3) is 0 Å². The fourth-order valence-electron chi connectivity index (χ4n) is 2.56. The molecule has 0 aliphatic heterocycles. The van der Waals surface area contributed by atoms with Gasteiger partial charge >= 0.3 is 5.97 Å². The summed E-state index contributed by atoms with van der Waals surface area (Å²) in [6.45, 7) is 0. The molecule has 0 spiro atoms. The molecule has 0 saturated heterocycles. The Kier molecular flexibility index (Phi) is 4.97. The van der Waals surface area contributed by atoms with Gasteiger partial charge in [0.2, 0.25) is 10.0 Å². The summed E-state index contributed by atoms with van der Waals surface area (Å²) in [6, 6.07) is 6.40.